The first-order valence-corrected chi connectivity index (χ1v) is 8.89. The number of nitrogens with two attached hydrogens (primary N) is 1. The Bertz CT molecular complexity index is 495. The van der Waals surface area contributed by atoms with Crippen LogP contribution in [-0.2, 0) is 6.54 Å². The Kier molecular flexibility index (Phi) is 5.59. The predicted octanol–water partition coefficient (Wildman–Crippen LogP) is 4.48. The third kappa shape index (κ3) is 3.89. The summed E-state index contributed by atoms with van der Waals surface area (Å²) >= 11 is 7.06. The summed E-state index contributed by atoms with van der Waals surface area (Å²) in [5.74, 6) is 0. The second-order valence-electron chi connectivity index (χ2n) is 4.71. The Balaban J connectivity index is 2.17. The molecule has 2 N–H and O–H groups in total. The number of likely N-dealkylation sites (N-methyl/N-ethyl adjacent to an activating group) is 1. The van der Waals surface area contributed by atoms with Crippen LogP contribution in [0.5, 0.6) is 0 Å². The molecule has 104 valence electrons. The summed E-state index contributed by atoms with van der Waals surface area (Å²) in [7, 11) is 2.16. The molecule has 5 heteroatoms. The van der Waals surface area contributed by atoms with Crippen molar-refractivity contribution in [2.24, 2.45) is 5.73 Å². The van der Waals surface area contributed by atoms with Gasteiger partial charge in [0, 0.05) is 17.5 Å². The summed E-state index contributed by atoms with van der Waals surface area (Å²) in [6.07, 6.45) is 0.980. The van der Waals surface area contributed by atoms with Gasteiger partial charge in [-0.15, -0.1) is 11.3 Å². The third-order valence-electron chi connectivity index (χ3n) is 3.25. The van der Waals surface area contributed by atoms with E-state index in [1.54, 1.807) is 22.7 Å². The standard InChI is InChI=1S/C14H19BrN2S2/c1-3-11(16)14(12-4-5-13(15)19-12)17(2)8-10-6-7-18-9-10/h4-7,9,11,14H,3,8,16H2,1-2H3. The van der Waals surface area contributed by atoms with Crippen LogP contribution in [0.25, 0.3) is 0 Å². The lowest BCUT2D eigenvalue weighted by atomic mass is 10.0. The number of nitrogens with zero attached hydrogens (tertiary/aromatic N) is 1. The number of thiophene rings is 2. The molecule has 2 nitrogen and oxygen atoms in total. The molecule has 0 amide bonds. The van der Waals surface area contributed by atoms with Crippen molar-refractivity contribution < 1.29 is 0 Å². The highest BCUT2D eigenvalue weighted by molar-refractivity contribution is 9.11. The second kappa shape index (κ2) is 6.99. The maximum absolute atomic E-state index is 6.34. The molecule has 2 rings (SSSR count). The van der Waals surface area contributed by atoms with E-state index in [2.05, 4.69) is 63.8 Å². The molecule has 19 heavy (non-hydrogen) atoms. The van der Waals surface area contributed by atoms with Crippen molar-refractivity contribution in [1.29, 1.82) is 0 Å². The van der Waals surface area contributed by atoms with E-state index in [1.165, 1.54) is 14.2 Å². The van der Waals surface area contributed by atoms with Gasteiger partial charge in [0.1, 0.15) is 0 Å². The van der Waals surface area contributed by atoms with E-state index in [4.69, 9.17) is 5.73 Å². The Morgan fingerprint density at radius 2 is 2.16 bits per heavy atom. The summed E-state index contributed by atoms with van der Waals surface area (Å²) in [6.45, 7) is 3.09. The summed E-state index contributed by atoms with van der Waals surface area (Å²) < 4.78 is 1.17. The normalized spacial score (nSPS) is 14.8. The van der Waals surface area contributed by atoms with Crippen LogP contribution in [0, 0.1) is 0 Å². The molecule has 0 saturated heterocycles. The van der Waals surface area contributed by atoms with Crippen LogP contribution in [0.1, 0.15) is 29.8 Å². The van der Waals surface area contributed by atoms with Crippen LogP contribution >= 0.6 is 38.6 Å². The van der Waals surface area contributed by atoms with Gasteiger partial charge in [-0.1, -0.05) is 6.92 Å². The molecule has 2 unspecified atom stereocenters. The predicted molar refractivity (Wildman–Crippen MR) is 88.8 cm³/mol. The van der Waals surface area contributed by atoms with Gasteiger partial charge >= 0.3 is 0 Å². The van der Waals surface area contributed by atoms with E-state index in [1.807, 2.05) is 0 Å². The minimum absolute atomic E-state index is 0.161. The highest BCUT2D eigenvalue weighted by Crippen LogP contribution is 2.33. The molecule has 0 bridgehead atoms. The fourth-order valence-electron chi connectivity index (χ4n) is 2.23. The summed E-state index contributed by atoms with van der Waals surface area (Å²) in [5.41, 5.74) is 7.70. The summed E-state index contributed by atoms with van der Waals surface area (Å²) in [6, 6.07) is 6.91. The van der Waals surface area contributed by atoms with Crippen molar-refractivity contribution in [1.82, 2.24) is 4.90 Å². The maximum atomic E-state index is 6.34. The highest BCUT2D eigenvalue weighted by atomic mass is 79.9. The highest BCUT2D eigenvalue weighted by Gasteiger charge is 2.24. The molecular formula is C14H19BrN2S2. The molecule has 0 saturated carbocycles. The fourth-order valence-corrected chi connectivity index (χ4v) is 4.56. The lowest BCUT2D eigenvalue weighted by Gasteiger charge is -2.31. The molecule has 2 aromatic rings. The van der Waals surface area contributed by atoms with E-state index in [9.17, 15) is 0 Å². The molecule has 2 atom stereocenters. The van der Waals surface area contributed by atoms with Crippen molar-refractivity contribution in [3.63, 3.8) is 0 Å². The van der Waals surface area contributed by atoms with E-state index < -0.39 is 0 Å². The topological polar surface area (TPSA) is 29.3 Å². The lowest BCUT2D eigenvalue weighted by Crippen LogP contribution is -2.38. The Hall–Kier alpha value is -0.200. The molecule has 0 radical (unpaired) electrons. The van der Waals surface area contributed by atoms with Crippen molar-refractivity contribution in [3.05, 3.63) is 43.2 Å². The zero-order valence-electron chi connectivity index (χ0n) is 11.2. The molecule has 0 aromatic carbocycles. The van der Waals surface area contributed by atoms with Crippen molar-refractivity contribution in [3.8, 4) is 0 Å². The molecule has 0 aliphatic carbocycles. The first-order chi connectivity index (χ1) is 9.11. The van der Waals surface area contributed by atoms with Crippen LogP contribution < -0.4 is 5.73 Å². The van der Waals surface area contributed by atoms with Gasteiger partial charge in [-0.25, -0.2) is 0 Å². The zero-order valence-corrected chi connectivity index (χ0v) is 14.4. The first-order valence-electron chi connectivity index (χ1n) is 6.34. The number of hydrogen-bond donors (Lipinski definition) is 1. The first kappa shape index (κ1) is 15.2. The lowest BCUT2D eigenvalue weighted by molar-refractivity contribution is 0.205. The van der Waals surface area contributed by atoms with E-state index in [-0.39, 0.29) is 12.1 Å². The smallest absolute Gasteiger partial charge is 0.0702 e. The minimum Gasteiger partial charge on any atom is -0.326 e. The molecular weight excluding hydrogens is 340 g/mol. The number of halogens is 1. The van der Waals surface area contributed by atoms with E-state index in [0.29, 0.717) is 0 Å². The largest absolute Gasteiger partial charge is 0.326 e. The quantitative estimate of drug-likeness (QED) is 0.824. The molecule has 0 aliphatic rings. The Labute approximate surface area is 131 Å². The van der Waals surface area contributed by atoms with Crippen LogP contribution in [0.2, 0.25) is 0 Å². The molecule has 0 aliphatic heterocycles. The number of hydrogen-bond acceptors (Lipinski definition) is 4. The van der Waals surface area contributed by atoms with Gasteiger partial charge in [0.2, 0.25) is 0 Å². The van der Waals surface area contributed by atoms with Crippen LogP contribution in [-0.4, -0.2) is 18.0 Å². The summed E-state index contributed by atoms with van der Waals surface area (Å²) in [5, 5.41) is 4.33. The molecule has 2 aromatic heterocycles. The van der Waals surface area contributed by atoms with Gasteiger partial charge in [0.15, 0.2) is 0 Å². The van der Waals surface area contributed by atoms with Gasteiger partial charge in [-0.05, 0) is 63.9 Å². The van der Waals surface area contributed by atoms with E-state index in [0.717, 1.165) is 13.0 Å². The fraction of sp³-hybridized carbons (Fsp3) is 0.429. The van der Waals surface area contributed by atoms with Crippen molar-refractivity contribution in [2.45, 2.75) is 32.0 Å². The van der Waals surface area contributed by atoms with Crippen LogP contribution in [0.4, 0.5) is 0 Å². The Morgan fingerprint density at radius 1 is 1.37 bits per heavy atom. The monoisotopic (exact) mass is 358 g/mol. The van der Waals surface area contributed by atoms with Crippen molar-refractivity contribution in [2.75, 3.05) is 7.05 Å². The van der Waals surface area contributed by atoms with E-state index >= 15 is 0 Å². The average Bonchev–Trinajstić information content (AvgIpc) is 3.01. The molecule has 0 spiro atoms. The molecule has 2 heterocycles. The van der Waals surface area contributed by atoms with Crippen molar-refractivity contribution >= 4 is 38.6 Å². The summed E-state index contributed by atoms with van der Waals surface area (Å²) in [4.78, 5) is 3.69. The Morgan fingerprint density at radius 3 is 2.68 bits per heavy atom. The van der Waals surface area contributed by atoms with Gasteiger partial charge in [-0.2, -0.15) is 11.3 Å². The molecule has 0 fully saturated rings. The number of rotatable bonds is 6. The van der Waals surface area contributed by atoms with Gasteiger partial charge < -0.3 is 5.73 Å². The SMILES string of the molecule is CCC(N)C(c1ccc(Br)s1)N(C)Cc1ccsc1. The minimum atomic E-state index is 0.161. The van der Waals surface area contributed by atoms with Gasteiger partial charge in [0.25, 0.3) is 0 Å². The average molecular weight is 359 g/mol. The zero-order chi connectivity index (χ0) is 13.8. The maximum Gasteiger partial charge on any atom is 0.0702 e. The van der Waals surface area contributed by atoms with Gasteiger partial charge in [0.05, 0.1) is 9.83 Å². The van der Waals surface area contributed by atoms with Gasteiger partial charge in [-0.3, -0.25) is 4.90 Å². The van der Waals surface area contributed by atoms with Crippen LogP contribution in [0.3, 0.4) is 0 Å². The second-order valence-corrected chi connectivity index (χ2v) is 7.98. The third-order valence-corrected chi connectivity index (χ3v) is 5.68. The van der Waals surface area contributed by atoms with Crippen LogP contribution in [0.15, 0.2) is 32.7 Å².